The summed E-state index contributed by atoms with van der Waals surface area (Å²) < 4.78 is 5.69. The van der Waals surface area contributed by atoms with E-state index in [1.54, 1.807) is 35.9 Å². The van der Waals surface area contributed by atoms with E-state index in [2.05, 4.69) is 20.7 Å². The monoisotopic (exact) mass is 437 g/mol. The molecule has 1 aliphatic heterocycles. The van der Waals surface area contributed by atoms with Crippen LogP contribution in [0.2, 0.25) is 5.02 Å². The van der Waals surface area contributed by atoms with E-state index in [9.17, 15) is 4.79 Å². The quantitative estimate of drug-likeness (QED) is 0.420. The first-order chi connectivity index (χ1) is 14.7. The smallest absolute Gasteiger partial charge is 0.243 e. The second-order valence-electron chi connectivity index (χ2n) is 6.78. The number of benzene rings is 1. The number of aryl methyl sites for hydroxylation is 1. The van der Waals surface area contributed by atoms with Gasteiger partial charge in [-0.15, -0.1) is 11.3 Å². The normalized spacial score (nSPS) is 12.9. The number of fused-ring (bicyclic) bond motifs is 1. The number of amides is 1. The highest BCUT2D eigenvalue weighted by Crippen LogP contribution is 2.29. The predicted molar refractivity (Wildman–Crippen MR) is 121 cm³/mol. The maximum Gasteiger partial charge on any atom is 0.243 e. The van der Waals surface area contributed by atoms with Crippen LogP contribution >= 0.6 is 22.9 Å². The molecule has 0 saturated carbocycles. The van der Waals surface area contributed by atoms with Crippen molar-refractivity contribution in [2.24, 2.45) is 0 Å². The first-order valence-corrected chi connectivity index (χ1v) is 10.9. The van der Waals surface area contributed by atoms with Gasteiger partial charge in [0.1, 0.15) is 12.4 Å². The average molecular weight is 438 g/mol. The Balaban J connectivity index is 1.22. The SMILES string of the molecule is O=C(C=CC1=Cc2cc(Cl)ccc2OC1)NCCCc1nc(-c2ccncc2)cs1. The van der Waals surface area contributed by atoms with Gasteiger partial charge in [-0.1, -0.05) is 17.7 Å². The lowest BCUT2D eigenvalue weighted by Gasteiger charge is -2.16. The maximum absolute atomic E-state index is 12.1. The first kappa shape index (κ1) is 20.3. The fourth-order valence-electron chi connectivity index (χ4n) is 3.04. The van der Waals surface area contributed by atoms with Gasteiger partial charge in [-0.25, -0.2) is 4.98 Å². The highest BCUT2D eigenvalue weighted by molar-refractivity contribution is 7.09. The number of nitrogens with zero attached hydrogens (tertiary/aromatic N) is 2. The molecule has 5 nitrogen and oxygen atoms in total. The summed E-state index contributed by atoms with van der Waals surface area (Å²) in [6.45, 7) is 1.03. The molecule has 7 heteroatoms. The number of hydrogen-bond donors (Lipinski definition) is 1. The predicted octanol–water partition coefficient (Wildman–Crippen LogP) is 4.94. The second kappa shape index (κ2) is 9.69. The van der Waals surface area contributed by atoms with Crippen molar-refractivity contribution in [3.8, 4) is 17.0 Å². The van der Waals surface area contributed by atoms with Crippen LogP contribution < -0.4 is 10.1 Å². The first-order valence-electron chi connectivity index (χ1n) is 9.61. The summed E-state index contributed by atoms with van der Waals surface area (Å²) in [5.41, 5.74) is 3.88. The average Bonchev–Trinajstić information content (AvgIpc) is 3.24. The molecule has 0 spiro atoms. The highest BCUT2D eigenvalue weighted by atomic mass is 35.5. The van der Waals surface area contributed by atoms with Crippen LogP contribution in [0.5, 0.6) is 5.75 Å². The minimum atomic E-state index is -0.121. The van der Waals surface area contributed by atoms with Crippen LogP contribution in [0.15, 0.2) is 65.8 Å². The number of halogens is 1. The van der Waals surface area contributed by atoms with Crippen LogP contribution in [0.25, 0.3) is 17.3 Å². The minimum absolute atomic E-state index is 0.121. The third kappa shape index (κ3) is 5.34. The van der Waals surface area contributed by atoms with Crippen molar-refractivity contribution in [2.45, 2.75) is 12.8 Å². The van der Waals surface area contributed by atoms with E-state index in [0.29, 0.717) is 18.2 Å². The number of thiazole rings is 1. The van der Waals surface area contributed by atoms with Crippen molar-refractivity contribution in [2.75, 3.05) is 13.2 Å². The van der Waals surface area contributed by atoms with Gasteiger partial charge in [0.25, 0.3) is 0 Å². The summed E-state index contributed by atoms with van der Waals surface area (Å²) in [4.78, 5) is 20.8. The number of ether oxygens (including phenoxy) is 1. The molecule has 2 aromatic heterocycles. The lowest BCUT2D eigenvalue weighted by atomic mass is 10.1. The minimum Gasteiger partial charge on any atom is -0.488 e. The van der Waals surface area contributed by atoms with Gasteiger partial charge in [0.05, 0.1) is 10.7 Å². The zero-order valence-corrected chi connectivity index (χ0v) is 17.7. The number of carbonyl (C=O) groups excluding carboxylic acids is 1. The molecule has 0 bridgehead atoms. The van der Waals surface area contributed by atoms with Crippen LogP contribution in [0.1, 0.15) is 17.0 Å². The molecule has 0 aliphatic carbocycles. The molecule has 4 rings (SSSR count). The molecule has 1 aromatic carbocycles. The second-order valence-corrected chi connectivity index (χ2v) is 8.16. The fraction of sp³-hybridized carbons (Fsp3) is 0.174. The van der Waals surface area contributed by atoms with Crippen molar-refractivity contribution in [1.29, 1.82) is 0 Å². The Morgan fingerprint density at radius 1 is 1.27 bits per heavy atom. The van der Waals surface area contributed by atoms with Crippen molar-refractivity contribution in [3.05, 3.63) is 81.4 Å². The summed E-state index contributed by atoms with van der Waals surface area (Å²) in [6, 6.07) is 9.40. The molecular formula is C23H20ClN3O2S. The molecule has 1 aliphatic rings. The zero-order chi connectivity index (χ0) is 20.8. The van der Waals surface area contributed by atoms with Crippen molar-refractivity contribution in [1.82, 2.24) is 15.3 Å². The van der Waals surface area contributed by atoms with Crippen LogP contribution in [-0.2, 0) is 11.2 Å². The third-order valence-electron chi connectivity index (χ3n) is 4.55. The molecular weight excluding hydrogens is 418 g/mol. The van der Waals surface area contributed by atoms with E-state index < -0.39 is 0 Å². The van der Waals surface area contributed by atoms with E-state index in [1.807, 2.05) is 30.3 Å². The Morgan fingerprint density at radius 3 is 3.00 bits per heavy atom. The fourth-order valence-corrected chi connectivity index (χ4v) is 4.07. The largest absolute Gasteiger partial charge is 0.488 e. The Hall–Kier alpha value is -2.96. The standard InChI is InChI=1S/C23H20ClN3O2S/c24-19-4-5-21-18(13-19)12-16(14-29-21)3-6-22(28)26-9-1-2-23-27-20(15-30-23)17-7-10-25-11-8-17/h3-8,10-13,15H,1-2,9,14H2,(H,26,28). The lowest BCUT2D eigenvalue weighted by Crippen LogP contribution is -2.22. The van der Waals surface area contributed by atoms with Crippen molar-refractivity contribution in [3.63, 3.8) is 0 Å². The van der Waals surface area contributed by atoms with Gasteiger partial charge in [0.2, 0.25) is 5.91 Å². The summed E-state index contributed by atoms with van der Waals surface area (Å²) >= 11 is 7.67. The molecule has 1 N–H and O–H groups in total. The summed E-state index contributed by atoms with van der Waals surface area (Å²) in [7, 11) is 0. The van der Waals surface area contributed by atoms with Crippen LogP contribution in [-0.4, -0.2) is 29.0 Å². The Bertz CT molecular complexity index is 1090. The third-order valence-corrected chi connectivity index (χ3v) is 5.69. The lowest BCUT2D eigenvalue weighted by molar-refractivity contribution is -0.116. The van der Waals surface area contributed by atoms with Crippen LogP contribution in [0.3, 0.4) is 0 Å². The van der Waals surface area contributed by atoms with E-state index >= 15 is 0 Å². The van der Waals surface area contributed by atoms with E-state index in [4.69, 9.17) is 16.3 Å². The molecule has 0 radical (unpaired) electrons. The van der Waals surface area contributed by atoms with Crippen LogP contribution in [0.4, 0.5) is 0 Å². The molecule has 0 unspecified atom stereocenters. The molecule has 3 heterocycles. The number of carbonyl (C=O) groups is 1. The molecule has 30 heavy (non-hydrogen) atoms. The maximum atomic E-state index is 12.1. The van der Waals surface area contributed by atoms with Crippen molar-refractivity contribution < 1.29 is 9.53 Å². The molecule has 152 valence electrons. The number of pyridine rings is 1. The van der Waals surface area contributed by atoms with Gasteiger partial charge >= 0.3 is 0 Å². The van der Waals surface area contributed by atoms with Gasteiger partial charge in [0, 0.05) is 53.0 Å². The van der Waals surface area contributed by atoms with Gasteiger partial charge in [-0.2, -0.15) is 0 Å². The summed E-state index contributed by atoms with van der Waals surface area (Å²) in [5.74, 6) is 0.680. The van der Waals surface area contributed by atoms with E-state index in [-0.39, 0.29) is 5.91 Å². The number of nitrogens with one attached hydrogen (secondary N) is 1. The molecule has 0 fully saturated rings. The van der Waals surface area contributed by atoms with E-state index in [0.717, 1.165) is 46.0 Å². The molecule has 0 saturated heterocycles. The number of hydrogen-bond acceptors (Lipinski definition) is 5. The van der Waals surface area contributed by atoms with Gasteiger partial charge in [-0.05, 0) is 48.4 Å². The van der Waals surface area contributed by atoms with E-state index in [1.165, 1.54) is 6.08 Å². The van der Waals surface area contributed by atoms with Gasteiger partial charge in [-0.3, -0.25) is 9.78 Å². The molecule has 3 aromatic rings. The van der Waals surface area contributed by atoms with Gasteiger partial charge < -0.3 is 10.1 Å². The van der Waals surface area contributed by atoms with Gasteiger partial charge in [0.15, 0.2) is 0 Å². The Labute approximate surface area is 184 Å². The number of aromatic nitrogens is 2. The molecule has 1 amide bonds. The highest BCUT2D eigenvalue weighted by Gasteiger charge is 2.10. The summed E-state index contributed by atoms with van der Waals surface area (Å²) in [5, 5.41) is 6.69. The van der Waals surface area contributed by atoms with Crippen molar-refractivity contribution >= 4 is 34.9 Å². The molecule has 0 atom stereocenters. The Morgan fingerprint density at radius 2 is 2.13 bits per heavy atom. The summed E-state index contributed by atoms with van der Waals surface area (Å²) in [6.07, 6.45) is 10.5. The van der Waals surface area contributed by atoms with Crippen LogP contribution in [0, 0.1) is 0 Å². The Kier molecular flexibility index (Phi) is 6.57. The topological polar surface area (TPSA) is 64.1 Å². The number of rotatable bonds is 7. The zero-order valence-electron chi connectivity index (χ0n) is 16.2.